The molecule has 1 saturated heterocycles. The fourth-order valence-corrected chi connectivity index (χ4v) is 3.08. The van der Waals surface area contributed by atoms with Gasteiger partial charge in [-0.15, -0.1) is 0 Å². The van der Waals surface area contributed by atoms with Gasteiger partial charge in [0.15, 0.2) is 0 Å². The van der Waals surface area contributed by atoms with E-state index in [-0.39, 0.29) is 12.1 Å². The molecule has 3 heteroatoms. The Morgan fingerprint density at radius 1 is 1.25 bits per heavy atom. The molecule has 0 spiro atoms. The first-order valence-electron chi connectivity index (χ1n) is 7.60. The van der Waals surface area contributed by atoms with Gasteiger partial charge in [0, 0.05) is 31.7 Å². The van der Waals surface area contributed by atoms with Gasteiger partial charge in [-0.3, -0.25) is 9.29 Å². The first-order chi connectivity index (χ1) is 9.52. The van der Waals surface area contributed by atoms with Crippen molar-refractivity contribution in [2.75, 3.05) is 26.3 Å². The van der Waals surface area contributed by atoms with Crippen molar-refractivity contribution < 1.29 is 4.39 Å². The molecule has 0 radical (unpaired) electrons. The third kappa shape index (κ3) is 3.80. The second kappa shape index (κ2) is 6.68. The van der Waals surface area contributed by atoms with Crippen molar-refractivity contribution in [3.63, 3.8) is 0 Å². The Bertz CT molecular complexity index is 399. The van der Waals surface area contributed by atoms with Gasteiger partial charge < -0.3 is 5.32 Å². The highest BCUT2D eigenvalue weighted by Crippen LogP contribution is 2.29. The van der Waals surface area contributed by atoms with E-state index in [1.165, 1.54) is 5.56 Å². The summed E-state index contributed by atoms with van der Waals surface area (Å²) in [7, 11) is 0. The SMILES string of the molecule is CC(C)(C)C1CNC(c2ccccc2)CN1CCCF. The first-order valence-corrected chi connectivity index (χ1v) is 7.60. The van der Waals surface area contributed by atoms with Gasteiger partial charge >= 0.3 is 0 Å². The molecule has 1 heterocycles. The van der Waals surface area contributed by atoms with Crippen molar-refractivity contribution >= 4 is 0 Å². The zero-order valence-electron chi connectivity index (χ0n) is 12.9. The minimum absolute atomic E-state index is 0.213. The van der Waals surface area contributed by atoms with Gasteiger partial charge in [-0.2, -0.15) is 0 Å². The van der Waals surface area contributed by atoms with Crippen LogP contribution in [-0.2, 0) is 0 Å². The third-order valence-electron chi connectivity index (χ3n) is 4.20. The predicted octanol–water partition coefficient (Wildman–Crippen LogP) is 3.41. The van der Waals surface area contributed by atoms with E-state index in [9.17, 15) is 4.39 Å². The molecule has 2 atom stereocenters. The highest BCUT2D eigenvalue weighted by atomic mass is 19.1. The Morgan fingerprint density at radius 3 is 2.55 bits per heavy atom. The zero-order chi connectivity index (χ0) is 14.6. The van der Waals surface area contributed by atoms with Crippen LogP contribution in [0.5, 0.6) is 0 Å². The lowest BCUT2D eigenvalue weighted by Crippen LogP contribution is -2.57. The highest BCUT2D eigenvalue weighted by Gasteiger charge is 2.35. The number of alkyl halides is 1. The molecule has 1 aromatic carbocycles. The van der Waals surface area contributed by atoms with Gasteiger partial charge in [0.25, 0.3) is 0 Å². The normalized spacial score (nSPS) is 24.8. The van der Waals surface area contributed by atoms with E-state index in [2.05, 4.69) is 55.3 Å². The van der Waals surface area contributed by atoms with Crippen LogP contribution in [-0.4, -0.2) is 37.3 Å². The second-order valence-electron chi connectivity index (χ2n) is 6.79. The summed E-state index contributed by atoms with van der Waals surface area (Å²) in [6.45, 7) is 9.36. The average molecular weight is 278 g/mol. The summed E-state index contributed by atoms with van der Waals surface area (Å²) in [6, 6.07) is 11.4. The van der Waals surface area contributed by atoms with Crippen LogP contribution in [0.1, 0.15) is 38.8 Å². The van der Waals surface area contributed by atoms with Crippen molar-refractivity contribution in [3.8, 4) is 0 Å². The summed E-state index contributed by atoms with van der Waals surface area (Å²) >= 11 is 0. The Kier molecular flexibility index (Phi) is 5.17. The molecule has 0 saturated carbocycles. The van der Waals surface area contributed by atoms with Gasteiger partial charge in [0.1, 0.15) is 0 Å². The minimum atomic E-state index is -0.225. The summed E-state index contributed by atoms with van der Waals surface area (Å²) in [5, 5.41) is 3.66. The van der Waals surface area contributed by atoms with Crippen molar-refractivity contribution in [2.24, 2.45) is 5.41 Å². The van der Waals surface area contributed by atoms with E-state index in [4.69, 9.17) is 0 Å². The molecule has 0 bridgehead atoms. The Labute approximate surface area is 122 Å². The molecule has 1 aliphatic rings. The van der Waals surface area contributed by atoms with Crippen LogP contribution in [0.15, 0.2) is 30.3 Å². The molecular formula is C17H27FN2. The largest absolute Gasteiger partial charge is 0.307 e. The van der Waals surface area contributed by atoms with E-state index in [0.717, 1.165) is 19.6 Å². The molecule has 0 aliphatic carbocycles. The van der Waals surface area contributed by atoms with E-state index in [0.29, 0.717) is 18.5 Å². The number of nitrogens with zero attached hydrogens (tertiary/aromatic N) is 1. The number of nitrogens with one attached hydrogen (secondary N) is 1. The van der Waals surface area contributed by atoms with Crippen molar-refractivity contribution in [3.05, 3.63) is 35.9 Å². The standard InChI is InChI=1S/C17H27FN2/c1-17(2,3)16-12-19-15(13-20(16)11-7-10-18)14-8-5-4-6-9-14/h4-6,8-9,15-16,19H,7,10-13H2,1-3H3. The molecular weight excluding hydrogens is 251 g/mol. The molecule has 1 N–H and O–H groups in total. The van der Waals surface area contributed by atoms with Crippen molar-refractivity contribution in [1.29, 1.82) is 0 Å². The topological polar surface area (TPSA) is 15.3 Å². The number of hydrogen-bond acceptors (Lipinski definition) is 2. The van der Waals surface area contributed by atoms with Crippen LogP contribution in [0.3, 0.4) is 0 Å². The number of rotatable bonds is 4. The first kappa shape index (κ1) is 15.5. The molecule has 2 rings (SSSR count). The van der Waals surface area contributed by atoms with E-state index < -0.39 is 0 Å². The van der Waals surface area contributed by atoms with Crippen LogP contribution in [0.4, 0.5) is 4.39 Å². The second-order valence-corrected chi connectivity index (χ2v) is 6.79. The van der Waals surface area contributed by atoms with Crippen molar-refractivity contribution in [1.82, 2.24) is 10.2 Å². The molecule has 2 nitrogen and oxygen atoms in total. The molecule has 0 aromatic heterocycles. The molecule has 1 aliphatic heterocycles. The fraction of sp³-hybridized carbons (Fsp3) is 0.647. The molecule has 0 amide bonds. The third-order valence-corrected chi connectivity index (χ3v) is 4.20. The number of halogens is 1. The van der Waals surface area contributed by atoms with E-state index in [1.54, 1.807) is 0 Å². The number of hydrogen-bond donors (Lipinski definition) is 1. The number of benzene rings is 1. The molecule has 112 valence electrons. The van der Waals surface area contributed by atoms with Gasteiger partial charge in [0.05, 0.1) is 6.67 Å². The summed E-state index contributed by atoms with van der Waals surface area (Å²) in [5.74, 6) is 0. The summed E-state index contributed by atoms with van der Waals surface area (Å²) in [5.41, 5.74) is 1.54. The quantitative estimate of drug-likeness (QED) is 0.908. The molecule has 1 aromatic rings. The maximum absolute atomic E-state index is 12.5. The van der Waals surface area contributed by atoms with Crippen LogP contribution < -0.4 is 5.32 Å². The number of piperazine rings is 1. The molecule has 20 heavy (non-hydrogen) atoms. The van der Waals surface area contributed by atoms with E-state index in [1.807, 2.05) is 6.07 Å². The van der Waals surface area contributed by atoms with Crippen LogP contribution >= 0.6 is 0 Å². The van der Waals surface area contributed by atoms with Gasteiger partial charge in [-0.1, -0.05) is 51.1 Å². The van der Waals surface area contributed by atoms with Gasteiger partial charge in [-0.25, -0.2) is 0 Å². The smallest absolute Gasteiger partial charge is 0.0906 e. The minimum Gasteiger partial charge on any atom is -0.307 e. The fourth-order valence-electron chi connectivity index (χ4n) is 3.08. The van der Waals surface area contributed by atoms with E-state index >= 15 is 0 Å². The lowest BCUT2D eigenvalue weighted by Gasteiger charge is -2.46. The summed E-state index contributed by atoms with van der Waals surface area (Å²) < 4.78 is 12.5. The maximum Gasteiger partial charge on any atom is 0.0906 e. The summed E-state index contributed by atoms with van der Waals surface area (Å²) in [4.78, 5) is 2.47. The Morgan fingerprint density at radius 2 is 1.95 bits per heavy atom. The zero-order valence-corrected chi connectivity index (χ0v) is 12.9. The van der Waals surface area contributed by atoms with Crippen LogP contribution in [0.2, 0.25) is 0 Å². The average Bonchev–Trinajstić information content (AvgIpc) is 2.44. The summed E-state index contributed by atoms with van der Waals surface area (Å²) in [6.07, 6.45) is 0.633. The monoisotopic (exact) mass is 278 g/mol. The van der Waals surface area contributed by atoms with Crippen molar-refractivity contribution in [2.45, 2.75) is 39.3 Å². The Balaban J connectivity index is 2.09. The predicted molar refractivity (Wildman–Crippen MR) is 82.6 cm³/mol. The lowest BCUT2D eigenvalue weighted by molar-refractivity contribution is 0.0530. The van der Waals surface area contributed by atoms with Crippen LogP contribution in [0, 0.1) is 5.41 Å². The Hall–Kier alpha value is -0.930. The molecule has 1 fully saturated rings. The van der Waals surface area contributed by atoms with Gasteiger partial charge in [0.2, 0.25) is 0 Å². The highest BCUT2D eigenvalue weighted by molar-refractivity contribution is 5.20. The van der Waals surface area contributed by atoms with Gasteiger partial charge in [-0.05, 0) is 17.4 Å². The molecule has 2 unspecified atom stereocenters. The maximum atomic E-state index is 12.5. The lowest BCUT2D eigenvalue weighted by atomic mass is 9.83. The van der Waals surface area contributed by atoms with Crippen LogP contribution in [0.25, 0.3) is 0 Å².